The molecule has 0 radical (unpaired) electrons. The minimum Gasteiger partial charge on any atom is -0.496 e. The number of esters is 1. The highest BCUT2D eigenvalue weighted by Gasteiger charge is 2.26. The second-order valence-corrected chi connectivity index (χ2v) is 5.74. The van der Waals surface area contributed by atoms with E-state index < -0.39 is 0 Å². The van der Waals surface area contributed by atoms with Crippen LogP contribution in [0.1, 0.15) is 53.7 Å². The molecule has 2 rings (SSSR count). The first-order valence-corrected chi connectivity index (χ1v) is 7.45. The van der Waals surface area contributed by atoms with Gasteiger partial charge in [0.1, 0.15) is 18.1 Å². The Bertz CT molecular complexity index is 641. The van der Waals surface area contributed by atoms with Crippen molar-refractivity contribution in [2.24, 2.45) is 0 Å². The van der Waals surface area contributed by atoms with Crippen molar-refractivity contribution in [3.05, 3.63) is 40.0 Å². The molecule has 0 N–H and O–H groups in total. The van der Waals surface area contributed by atoms with Crippen molar-refractivity contribution in [1.82, 2.24) is 0 Å². The van der Waals surface area contributed by atoms with E-state index in [0.717, 1.165) is 29.5 Å². The molecule has 0 amide bonds. The van der Waals surface area contributed by atoms with E-state index in [1.54, 1.807) is 20.1 Å². The molecule has 1 aromatic rings. The van der Waals surface area contributed by atoms with Gasteiger partial charge in [0.05, 0.1) is 12.7 Å². The first-order chi connectivity index (χ1) is 10.4. The second-order valence-electron chi connectivity index (χ2n) is 5.74. The number of benzene rings is 1. The van der Waals surface area contributed by atoms with E-state index in [9.17, 15) is 9.59 Å². The number of carbonyl (C=O) groups excluding carboxylic acids is 2. The van der Waals surface area contributed by atoms with E-state index in [-0.39, 0.29) is 11.8 Å². The first-order valence-electron chi connectivity index (χ1n) is 7.45. The number of Topliss-reactive ketones (excluding diaryl/α,β-unsaturated/α-hetero) is 1. The number of fused-ring (bicyclic) bond motifs is 1. The van der Waals surface area contributed by atoms with Crippen molar-refractivity contribution < 1.29 is 19.1 Å². The standard InChI is InChI=1S/C18H22O4/c1-11(5-7-12(2)19)6-8-14-13(3)16-10-22-18(20)15(16)9-17(14)21-4/h6,9H,5,7-8,10H2,1-4H3/b11-6+. The number of ether oxygens (including phenoxy) is 2. The summed E-state index contributed by atoms with van der Waals surface area (Å²) in [6.07, 6.45) is 4.20. The van der Waals surface area contributed by atoms with Crippen molar-refractivity contribution in [2.45, 2.75) is 46.6 Å². The van der Waals surface area contributed by atoms with Gasteiger partial charge in [-0.25, -0.2) is 4.79 Å². The number of ketones is 1. The lowest BCUT2D eigenvalue weighted by molar-refractivity contribution is -0.116. The molecule has 0 saturated heterocycles. The molecule has 0 aliphatic carbocycles. The lowest BCUT2D eigenvalue weighted by Gasteiger charge is -2.13. The van der Waals surface area contributed by atoms with Gasteiger partial charge < -0.3 is 14.3 Å². The van der Waals surface area contributed by atoms with Crippen LogP contribution in [-0.2, 0) is 22.6 Å². The van der Waals surface area contributed by atoms with Gasteiger partial charge in [0.25, 0.3) is 0 Å². The zero-order valence-electron chi connectivity index (χ0n) is 13.6. The van der Waals surface area contributed by atoms with Crippen molar-refractivity contribution >= 4 is 11.8 Å². The average molecular weight is 302 g/mol. The molecule has 0 unspecified atom stereocenters. The number of cyclic esters (lactones) is 1. The number of methoxy groups -OCH3 is 1. The molecule has 22 heavy (non-hydrogen) atoms. The van der Waals surface area contributed by atoms with E-state index in [4.69, 9.17) is 9.47 Å². The van der Waals surface area contributed by atoms with E-state index in [2.05, 4.69) is 6.08 Å². The summed E-state index contributed by atoms with van der Waals surface area (Å²) in [6, 6.07) is 1.77. The number of allylic oxidation sites excluding steroid dienone is 2. The zero-order valence-corrected chi connectivity index (χ0v) is 13.6. The molecule has 0 bridgehead atoms. The van der Waals surface area contributed by atoms with Crippen molar-refractivity contribution in [3.8, 4) is 5.75 Å². The highest BCUT2D eigenvalue weighted by atomic mass is 16.5. The third-order valence-corrected chi connectivity index (χ3v) is 4.12. The van der Waals surface area contributed by atoms with Crippen LogP contribution in [0.2, 0.25) is 0 Å². The third-order valence-electron chi connectivity index (χ3n) is 4.12. The molecule has 0 spiro atoms. The summed E-state index contributed by atoms with van der Waals surface area (Å²) >= 11 is 0. The number of hydrogen-bond donors (Lipinski definition) is 0. The van der Waals surface area contributed by atoms with E-state index in [1.165, 1.54) is 5.57 Å². The summed E-state index contributed by atoms with van der Waals surface area (Å²) in [5, 5.41) is 0. The lowest BCUT2D eigenvalue weighted by Crippen LogP contribution is -2.02. The smallest absolute Gasteiger partial charge is 0.339 e. The molecule has 1 heterocycles. The first kappa shape index (κ1) is 16.3. The molecule has 0 saturated carbocycles. The minimum atomic E-state index is -0.281. The van der Waals surface area contributed by atoms with Gasteiger partial charge in [0, 0.05) is 17.5 Å². The van der Waals surface area contributed by atoms with Crippen LogP contribution in [0.5, 0.6) is 5.75 Å². The summed E-state index contributed by atoms with van der Waals surface area (Å²) in [7, 11) is 1.61. The predicted octanol–water partition coefficient (Wildman–Crippen LogP) is 3.53. The Morgan fingerprint density at radius 1 is 1.36 bits per heavy atom. The highest BCUT2D eigenvalue weighted by Crippen LogP contribution is 2.33. The van der Waals surface area contributed by atoms with Crippen molar-refractivity contribution in [1.29, 1.82) is 0 Å². The van der Waals surface area contributed by atoms with Crippen LogP contribution in [0.4, 0.5) is 0 Å². The Balaban J connectivity index is 2.26. The molecular formula is C18H22O4. The summed E-state index contributed by atoms with van der Waals surface area (Å²) in [5.41, 5.74) is 4.87. The molecule has 1 aromatic carbocycles. The van der Waals surface area contributed by atoms with Crippen LogP contribution >= 0.6 is 0 Å². The topological polar surface area (TPSA) is 52.6 Å². The fraction of sp³-hybridized carbons (Fsp3) is 0.444. The van der Waals surface area contributed by atoms with Gasteiger partial charge in [-0.15, -0.1) is 0 Å². The van der Waals surface area contributed by atoms with Gasteiger partial charge in [-0.05, 0) is 45.2 Å². The summed E-state index contributed by atoms with van der Waals surface area (Å²) in [5.74, 6) is 0.636. The van der Waals surface area contributed by atoms with E-state index >= 15 is 0 Å². The number of rotatable bonds is 6. The van der Waals surface area contributed by atoms with E-state index in [0.29, 0.717) is 24.3 Å². The molecule has 0 fully saturated rings. The van der Waals surface area contributed by atoms with Gasteiger partial charge in [-0.3, -0.25) is 0 Å². The Hall–Kier alpha value is -2.10. The molecular weight excluding hydrogens is 280 g/mol. The lowest BCUT2D eigenvalue weighted by atomic mass is 9.94. The van der Waals surface area contributed by atoms with Crippen LogP contribution < -0.4 is 4.74 Å². The maximum absolute atomic E-state index is 11.7. The molecule has 0 atom stereocenters. The highest BCUT2D eigenvalue weighted by molar-refractivity contribution is 5.94. The van der Waals surface area contributed by atoms with Gasteiger partial charge in [0.15, 0.2) is 0 Å². The summed E-state index contributed by atoms with van der Waals surface area (Å²) < 4.78 is 10.5. The molecule has 118 valence electrons. The van der Waals surface area contributed by atoms with Crippen LogP contribution in [0.15, 0.2) is 17.7 Å². The molecule has 1 aliphatic rings. The quantitative estimate of drug-likeness (QED) is 0.596. The maximum atomic E-state index is 11.7. The normalized spacial score (nSPS) is 13.8. The van der Waals surface area contributed by atoms with Gasteiger partial charge >= 0.3 is 5.97 Å². The maximum Gasteiger partial charge on any atom is 0.339 e. The Kier molecular flexibility index (Phi) is 5.01. The number of carbonyl (C=O) groups is 2. The predicted molar refractivity (Wildman–Crippen MR) is 84.2 cm³/mol. The van der Waals surface area contributed by atoms with E-state index in [1.807, 2.05) is 13.8 Å². The molecule has 4 heteroatoms. The largest absolute Gasteiger partial charge is 0.496 e. The van der Waals surface area contributed by atoms with Gasteiger partial charge in [-0.2, -0.15) is 0 Å². The summed E-state index contributed by atoms with van der Waals surface area (Å²) in [6.45, 7) is 5.98. The number of hydrogen-bond acceptors (Lipinski definition) is 4. The van der Waals surface area contributed by atoms with Crippen molar-refractivity contribution in [2.75, 3.05) is 7.11 Å². The van der Waals surface area contributed by atoms with Gasteiger partial charge in [0.2, 0.25) is 0 Å². The van der Waals surface area contributed by atoms with Crippen molar-refractivity contribution in [3.63, 3.8) is 0 Å². The van der Waals surface area contributed by atoms with Crippen LogP contribution in [0, 0.1) is 6.92 Å². The monoisotopic (exact) mass is 302 g/mol. The fourth-order valence-electron chi connectivity index (χ4n) is 2.65. The second kappa shape index (κ2) is 6.77. The summed E-state index contributed by atoms with van der Waals surface area (Å²) in [4.78, 5) is 22.7. The Labute approximate surface area is 131 Å². The molecule has 1 aliphatic heterocycles. The molecule has 4 nitrogen and oxygen atoms in total. The van der Waals surface area contributed by atoms with Crippen LogP contribution in [0.25, 0.3) is 0 Å². The zero-order chi connectivity index (χ0) is 16.3. The Morgan fingerprint density at radius 2 is 2.09 bits per heavy atom. The third kappa shape index (κ3) is 3.38. The fourth-order valence-corrected chi connectivity index (χ4v) is 2.65. The Morgan fingerprint density at radius 3 is 2.73 bits per heavy atom. The van der Waals surface area contributed by atoms with Crippen LogP contribution in [-0.4, -0.2) is 18.9 Å². The molecule has 0 aromatic heterocycles. The van der Waals surface area contributed by atoms with Gasteiger partial charge in [-0.1, -0.05) is 11.6 Å². The van der Waals surface area contributed by atoms with Crippen LogP contribution in [0.3, 0.4) is 0 Å². The average Bonchev–Trinajstić information content (AvgIpc) is 2.85. The minimum absolute atomic E-state index is 0.203. The SMILES string of the molecule is COc1cc2c(c(C)c1C/C=C(\C)CCC(C)=O)COC2=O.